The highest BCUT2D eigenvalue weighted by atomic mass is 79.9. The molecule has 2 aromatic rings. The van der Waals surface area contributed by atoms with E-state index in [1.807, 2.05) is 19.1 Å². The van der Waals surface area contributed by atoms with Gasteiger partial charge >= 0.3 is 0 Å². The molecule has 2 heterocycles. The van der Waals surface area contributed by atoms with E-state index in [9.17, 15) is 8.42 Å². The lowest BCUT2D eigenvalue weighted by molar-refractivity contribution is 0.570. The van der Waals surface area contributed by atoms with Crippen LogP contribution in [0.5, 0.6) is 0 Å². The monoisotopic (exact) mass is 369 g/mol. The first-order chi connectivity index (χ1) is 8.43. The molecule has 0 N–H and O–H groups in total. The van der Waals surface area contributed by atoms with E-state index in [0.29, 0.717) is 12.4 Å². The lowest BCUT2D eigenvalue weighted by Crippen LogP contribution is -2.07. The highest BCUT2D eigenvalue weighted by molar-refractivity contribution is 9.11. The fourth-order valence-corrected chi connectivity index (χ4v) is 3.81. The Kier molecular flexibility index (Phi) is 4.10. The minimum Gasteiger partial charge on any atom is -0.296 e. The Balaban J connectivity index is 2.59. The van der Waals surface area contributed by atoms with Crippen LogP contribution in [0.3, 0.4) is 0 Å². The highest BCUT2D eigenvalue weighted by Gasteiger charge is 2.23. The number of nitrogens with zero attached hydrogens (tertiary/aromatic N) is 3. The third-order valence-electron chi connectivity index (χ3n) is 2.18. The van der Waals surface area contributed by atoms with Crippen LogP contribution in [0.2, 0.25) is 0 Å². The SMILES string of the molecule is CCCn1c(-c2ccc(Br)s2)nnc1S(=O)(=O)Cl. The van der Waals surface area contributed by atoms with Gasteiger partial charge in [0.2, 0.25) is 0 Å². The first-order valence-electron chi connectivity index (χ1n) is 5.07. The van der Waals surface area contributed by atoms with Gasteiger partial charge in [-0.3, -0.25) is 4.57 Å². The molecule has 2 rings (SSSR count). The molecule has 0 aromatic carbocycles. The van der Waals surface area contributed by atoms with Gasteiger partial charge in [0, 0.05) is 17.2 Å². The van der Waals surface area contributed by atoms with Crippen LogP contribution >= 0.6 is 37.9 Å². The molecule has 0 amide bonds. The largest absolute Gasteiger partial charge is 0.296 e. The molecule has 0 saturated carbocycles. The van der Waals surface area contributed by atoms with Gasteiger partial charge in [0.15, 0.2) is 5.82 Å². The third kappa shape index (κ3) is 2.76. The fraction of sp³-hybridized carbons (Fsp3) is 0.333. The average Bonchev–Trinajstić information content (AvgIpc) is 2.83. The van der Waals surface area contributed by atoms with Crippen LogP contribution in [0.1, 0.15) is 13.3 Å². The Hall–Kier alpha value is -0.440. The van der Waals surface area contributed by atoms with Gasteiger partial charge in [-0.2, -0.15) is 0 Å². The topological polar surface area (TPSA) is 64.8 Å². The second kappa shape index (κ2) is 5.28. The second-order valence-corrected chi connectivity index (χ2v) is 8.42. The molecule has 18 heavy (non-hydrogen) atoms. The van der Waals surface area contributed by atoms with Crippen LogP contribution in [0.4, 0.5) is 0 Å². The Bertz CT molecular complexity index is 665. The Morgan fingerprint density at radius 2 is 2.17 bits per heavy atom. The number of halogens is 2. The van der Waals surface area contributed by atoms with E-state index in [-0.39, 0.29) is 5.16 Å². The predicted octanol–water partition coefficient (Wildman–Crippen LogP) is 3.11. The lowest BCUT2D eigenvalue weighted by Gasteiger charge is -2.05. The summed E-state index contributed by atoms with van der Waals surface area (Å²) in [5.41, 5.74) is 0. The van der Waals surface area contributed by atoms with Crippen molar-refractivity contribution in [3.63, 3.8) is 0 Å². The van der Waals surface area contributed by atoms with E-state index < -0.39 is 9.05 Å². The van der Waals surface area contributed by atoms with Gasteiger partial charge in [-0.05, 0) is 34.5 Å². The molecule has 0 radical (unpaired) electrons. The number of thiophene rings is 1. The minimum atomic E-state index is -3.88. The smallest absolute Gasteiger partial charge is 0.296 e. The van der Waals surface area contributed by atoms with Crippen molar-refractivity contribution in [2.75, 3.05) is 0 Å². The summed E-state index contributed by atoms with van der Waals surface area (Å²) in [6.45, 7) is 2.44. The predicted molar refractivity (Wildman–Crippen MR) is 74.4 cm³/mol. The van der Waals surface area contributed by atoms with Gasteiger partial charge < -0.3 is 0 Å². The summed E-state index contributed by atoms with van der Waals surface area (Å²) >= 11 is 4.82. The summed E-state index contributed by atoms with van der Waals surface area (Å²) in [4.78, 5) is 0.842. The van der Waals surface area contributed by atoms with Crippen molar-refractivity contribution < 1.29 is 8.42 Å². The van der Waals surface area contributed by atoms with Gasteiger partial charge in [0.1, 0.15) is 0 Å². The molecule has 0 saturated heterocycles. The standard InChI is InChI=1S/C9H9BrClN3O2S2/c1-2-5-14-8(6-3-4-7(10)17-6)12-13-9(14)18(11,15)16/h3-4H,2,5H2,1H3. The van der Waals surface area contributed by atoms with Crippen LogP contribution in [-0.2, 0) is 15.6 Å². The molecule has 0 fully saturated rings. The van der Waals surface area contributed by atoms with E-state index in [1.54, 1.807) is 0 Å². The maximum atomic E-state index is 11.4. The molecule has 0 unspecified atom stereocenters. The van der Waals surface area contributed by atoms with E-state index in [0.717, 1.165) is 15.1 Å². The molecule has 0 aliphatic heterocycles. The number of rotatable bonds is 4. The molecule has 0 aliphatic carbocycles. The van der Waals surface area contributed by atoms with Gasteiger partial charge in [-0.15, -0.1) is 21.5 Å². The summed E-state index contributed by atoms with van der Waals surface area (Å²) in [5, 5.41) is 7.40. The normalized spacial score (nSPS) is 11.9. The highest BCUT2D eigenvalue weighted by Crippen LogP contribution is 2.31. The van der Waals surface area contributed by atoms with Crippen molar-refractivity contribution in [2.45, 2.75) is 25.0 Å². The Labute approximate surface area is 121 Å². The molecule has 0 spiro atoms. The van der Waals surface area contributed by atoms with E-state index in [1.165, 1.54) is 15.9 Å². The van der Waals surface area contributed by atoms with E-state index >= 15 is 0 Å². The summed E-state index contributed by atoms with van der Waals surface area (Å²) in [6, 6.07) is 3.73. The quantitative estimate of drug-likeness (QED) is 0.776. The second-order valence-electron chi connectivity index (χ2n) is 3.50. The van der Waals surface area contributed by atoms with Crippen molar-refractivity contribution in [1.29, 1.82) is 0 Å². The first-order valence-corrected chi connectivity index (χ1v) is 8.99. The van der Waals surface area contributed by atoms with E-state index in [2.05, 4.69) is 26.1 Å². The number of hydrogen-bond acceptors (Lipinski definition) is 5. The maximum absolute atomic E-state index is 11.4. The van der Waals surface area contributed by atoms with Crippen LogP contribution in [-0.4, -0.2) is 23.2 Å². The molecule has 9 heteroatoms. The van der Waals surface area contributed by atoms with Gasteiger partial charge in [0.05, 0.1) is 8.66 Å². The first kappa shape index (κ1) is 14.0. The molecule has 0 atom stereocenters. The van der Waals surface area contributed by atoms with Crippen LogP contribution < -0.4 is 0 Å². The zero-order valence-corrected chi connectivity index (χ0v) is 13.3. The zero-order chi connectivity index (χ0) is 13.3. The summed E-state index contributed by atoms with van der Waals surface area (Å²) in [6.07, 6.45) is 0.761. The van der Waals surface area contributed by atoms with Crippen LogP contribution in [0.15, 0.2) is 21.1 Å². The van der Waals surface area contributed by atoms with Crippen molar-refractivity contribution in [3.8, 4) is 10.7 Å². The molecular formula is C9H9BrClN3O2S2. The molecule has 98 valence electrons. The van der Waals surface area contributed by atoms with E-state index in [4.69, 9.17) is 10.7 Å². The van der Waals surface area contributed by atoms with Crippen molar-refractivity contribution in [2.24, 2.45) is 0 Å². The fourth-order valence-electron chi connectivity index (χ4n) is 1.51. The van der Waals surface area contributed by atoms with Gasteiger partial charge in [-0.25, -0.2) is 8.42 Å². The van der Waals surface area contributed by atoms with Crippen LogP contribution in [0.25, 0.3) is 10.7 Å². The summed E-state index contributed by atoms with van der Waals surface area (Å²) in [5.74, 6) is 0.520. The molecule has 0 bridgehead atoms. The molecule has 0 aliphatic rings. The maximum Gasteiger partial charge on any atom is 0.296 e. The molecular weight excluding hydrogens is 362 g/mol. The molecule has 5 nitrogen and oxygen atoms in total. The minimum absolute atomic E-state index is 0.203. The van der Waals surface area contributed by atoms with Crippen molar-refractivity contribution in [1.82, 2.24) is 14.8 Å². The third-order valence-corrected chi connectivity index (χ3v) is 4.95. The zero-order valence-electron chi connectivity index (χ0n) is 9.30. The summed E-state index contributed by atoms with van der Waals surface area (Å²) < 4.78 is 25.3. The number of aromatic nitrogens is 3. The summed E-state index contributed by atoms with van der Waals surface area (Å²) in [7, 11) is 1.47. The van der Waals surface area contributed by atoms with Gasteiger partial charge in [0.25, 0.3) is 14.2 Å². The average molecular weight is 371 g/mol. The Morgan fingerprint density at radius 1 is 1.44 bits per heavy atom. The van der Waals surface area contributed by atoms with Crippen LogP contribution in [0, 0.1) is 0 Å². The number of hydrogen-bond donors (Lipinski definition) is 0. The van der Waals surface area contributed by atoms with Gasteiger partial charge in [-0.1, -0.05) is 6.92 Å². The van der Waals surface area contributed by atoms with Crippen molar-refractivity contribution >= 4 is 47.0 Å². The molecule has 2 aromatic heterocycles. The Morgan fingerprint density at radius 3 is 2.67 bits per heavy atom. The van der Waals surface area contributed by atoms with Crippen molar-refractivity contribution in [3.05, 3.63) is 15.9 Å². The lowest BCUT2D eigenvalue weighted by atomic mass is 10.4.